The van der Waals surface area contributed by atoms with Gasteiger partial charge in [0.15, 0.2) is 29.0 Å². The Morgan fingerprint density at radius 2 is 1.60 bits per heavy atom. The van der Waals surface area contributed by atoms with Gasteiger partial charge < -0.3 is 20.1 Å². The molecule has 8 heteroatoms. The molecule has 0 saturated carbocycles. The van der Waals surface area contributed by atoms with E-state index in [1.165, 1.54) is 6.07 Å². The maximum Gasteiger partial charge on any atom is 0.323 e. The quantitative estimate of drug-likeness (QED) is 0.749. The number of halogens is 3. The minimum absolute atomic E-state index is 0.354. The van der Waals surface area contributed by atoms with Gasteiger partial charge in [0.25, 0.3) is 0 Å². The van der Waals surface area contributed by atoms with Crippen LogP contribution in [0.5, 0.6) is 11.5 Å². The summed E-state index contributed by atoms with van der Waals surface area (Å²) in [6.45, 7) is 4.47. The van der Waals surface area contributed by atoms with E-state index in [0.717, 1.165) is 12.1 Å². The molecule has 134 valence electrons. The first-order valence-corrected chi connectivity index (χ1v) is 7.57. The SMILES string of the molecule is CCOc1ccc(NC(=O)Nc2ccc(F)c(F)c2F)cc1OCC. The number of hydrogen-bond donors (Lipinski definition) is 2. The Morgan fingerprint density at radius 3 is 2.28 bits per heavy atom. The van der Waals surface area contributed by atoms with Crippen LogP contribution in [-0.2, 0) is 0 Å². The summed E-state index contributed by atoms with van der Waals surface area (Å²) in [7, 11) is 0. The summed E-state index contributed by atoms with van der Waals surface area (Å²) in [5, 5.41) is 4.57. The van der Waals surface area contributed by atoms with Crippen molar-refractivity contribution in [2.24, 2.45) is 0 Å². The summed E-state index contributed by atoms with van der Waals surface area (Å²) in [6, 6.07) is 5.54. The Hall–Kier alpha value is -2.90. The van der Waals surface area contributed by atoms with Crippen LogP contribution >= 0.6 is 0 Å². The van der Waals surface area contributed by atoms with E-state index in [2.05, 4.69) is 10.6 Å². The Morgan fingerprint density at radius 1 is 0.920 bits per heavy atom. The van der Waals surface area contributed by atoms with Gasteiger partial charge in [0.05, 0.1) is 18.9 Å². The van der Waals surface area contributed by atoms with Crippen molar-refractivity contribution in [3.05, 3.63) is 47.8 Å². The molecule has 2 aromatic carbocycles. The molecule has 0 unspecified atom stereocenters. The summed E-state index contributed by atoms with van der Waals surface area (Å²) in [5.74, 6) is -3.52. The van der Waals surface area contributed by atoms with E-state index in [9.17, 15) is 18.0 Å². The fourth-order valence-corrected chi connectivity index (χ4v) is 2.04. The summed E-state index contributed by atoms with van der Waals surface area (Å²) < 4.78 is 50.5. The molecule has 2 amide bonds. The van der Waals surface area contributed by atoms with Gasteiger partial charge in [-0.25, -0.2) is 18.0 Å². The summed E-state index contributed by atoms with van der Waals surface area (Å²) in [5.41, 5.74) is -0.125. The number of carbonyl (C=O) groups is 1. The molecule has 5 nitrogen and oxygen atoms in total. The molecule has 0 aromatic heterocycles. The van der Waals surface area contributed by atoms with E-state index < -0.39 is 29.2 Å². The highest BCUT2D eigenvalue weighted by Gasteiger charge is 2.15. The number of ether oxygens (including phenoxy) is 2. The first-order chi connectivity index (χ1) is 12.0. The van der Waals surface area contributed by atoms with Crippen LogP contribution in [0, 0.1) is 17.5 Å². The molecule has 0 aliphatic carbocycles. The number of anilines is 2. The third-order valence-electron chi connectivity index (χ3n) is 3.08. The highest BCUT2D eigenvalue weighted by molar-refractivity contribution is 6.00. The second-order valence-corrected chi connectivity index (χ2v) is 4.83. The van der Waals surface area contributed by atoms with Gasteiger partial charge in [-0.2, -0.15) is 0 Å². The maximum atomic E-state index is 13.6. The van der Waals surface area contributed by atoms with Crippen LogP contribution < -0.4 is 20.1 Å². The number of urea groups is 1. The number of nitrogens with one attached hydrogen (secondary N) is 2. The summed E-state index contributed by atoms with van der Waals surface area (Å²) in [6.07, 6.45) is 0. The normalized spacial score (nSPS) is 10.3. The smallest absolute Gasteiger partial charge is 0.323 e. The van der Waals surface area contributed by atoms with Gasteiger partial charge in [0.1, 0.15) is 0 Å². The van der Waals surface area contributed by atoms with Gasteiger partial charge in [0.2, 0.25) is 0 Å². The van der Waals surface area contributed by atoms with E-state index in [0.29, 0.717) is 30.4 Å². The third-order valence-corrected chi connectivity index (χ3v) is 3.08. The first-order valence-electron chi connectivity index (χ1n) is 7.57. The Balaban J connectivity index is 2.12. The minimum Gasteiger partial charge on any atom is -0.490 e. The van der Waals surface area contributed by atoms with Gasteiger partial charge in [-0.05, 0) is 38.1 Å². The molecule has 25 heavy (non-hydrogen) atoms. The van der Waals surface area contributed by atoms with Crippen LogP contribution in [0.1, 0.15) is 13.8 Å². The largest absolute Gasteiger partial charge is 0.490 e. The van der Waals surface area contributed by atoms with E-state index >= 15 is 0 Å². The molecule has 0 saturated heterocycles. The molecule has 0 radical (unpaired) electrons. The average Bonchev–Trinajstić information content (AvgIpc) is 2.58. The number of hydrogen-bond acceptors (Lipinski definition) is 3. The summed E-state index contributed by atoms with van der Waals surface area (Å²) >= 11 is 0. The van der Waals surface area contributed by atoms with Gasteiger partial charge in [-0.15, -0.1) is 0 Å². The van der Waals surface area contributed by atoms with Gasteiger partial charge in [0, 0.05) is 11.8 Å². The highest BCUT2D eigenvalue weighted by Crippen LogP contribution is 2.30. The van der Waals surface area contributed by atoms with Crippen molar-refractivity contribution in [2.75, 3.05) is 23.8 Å². The Bertz CT molecular complexity index is 769. The van der Waals surface area contributed by atoms with Crippen LogP contribution in [-0.4, -0.2) is 19.2 Å². The lowest BCUT2D eigenvalue weighted by Gasteiger charge is -2.13. The molecular weight excluding hydrogens is 337 g/mol. The van der Waals surface area contributed by atoms with Crippen molar-refractivity contribution >= 4 is 17.4 Å². The van der Waals surface area contributed by atoms with Gasteiger partial charge in [-0.3, -0.25) is 0 Å². The van der Waals surface area contributed by atoms with E-state index in [-0.39, 0.29) is 0 Å². The second-order valence-electron chi connectivity index (χ2n) is 4.83. The molecule has 0 spiro atoms. The van der Waals surface area contributed by atoms with E-state index in [1.807, 2.05) is 6.92 Å². The van der Waals surface area contributed by atoms with Crippen molar-refractivity contribution in [1.29, 1.82) is 0 Å². The Labute approximate surface area is 142 Å². The molecular formula is C17H17F3N2O3. The van der Waals surface area contributed by atoms with Crippen molar-refractivity contribution in [1.82, 2.24) is 0 Å². The van der Waals surface area contributed by atoms with Crippen molar-refractivity contribution < 1.29 is 27.4 Å². The lowest BCUT2D eigenvalue weighted by molar-refractivity contribution is 0.262. The molecule has 2 N–H and O–H groups in total. The third kappa shape index (κ3) is 4.56. The van der Waals surface area contributed by atoms with Crippen molar-refractivity contribution in [2.45, 2.75) is 13.8 Å². The van der Waals surface area contributed by atoms with E-state index in [1.54, 1.807) is 19.1 Å². The molecule has 0 fully saturated rings. The lowest BCUT2D eigenvalue weighted by Crippen LogP contribution is -2.20. The predicted molar refractivity (Wildman–Crippen MR) is 87.7 cm³/mol. The number of rotatable bonds is 6. The van der Waals surface area contributed by atoms with E-state index in [4.69, 9.17) is 9.47 Å². The van der Waals surface area contributed by atoms with Crippen molar-refractivity contribution in [3.8, 4) is 11.5 Å². The van der Waals surface area contributed by atoms with Gasteiger partial charge in [-0.1, -0.05) is 0 Å². The monoisotopic (exact) mass is 354 g/mol. The fraction of sp³-hybridized carbons (Fsp3) is 0.235. The van der Waals surface area contributed by atoms with Crippen LogP contribution in [0.25, 0.3) is 0 Å². The molecule has 0 aliphatic rings. The summed E-state index contributed by atoms with van der Waals surface area (Å²) in [4.78, 5) is 11.9. The zero-order chi connectivity index (χ0) is 18.4. The molecule has 0 atom stereocenters. The standard InChI is InChI=1S/C17H17F3N2O3/c1-3-24-13-8-5-10(9-14(13)25-4-2)21-17(23)22-12-7-6-11(18)15(19)16(12)20/h5-9H,3-4H2,1-2H3,(H2,21,22,23). The van der Waals surface area contributed by atoms with Crippen molar-refractivity contribution in [3.63, 3.8) is 0 Å². The Kier molecular flexibility index (Phi) is 6.10. The lowest BCUT2D eigenvalue weighted by atomic mass is 10.2. The molecule has 0 heterocycles. The van der Waals surface area contributed by atoms with Gasteiger partial charge >= 0.3 is 6.03 Å². The minimum atomic E-state index is -1.66. The number of benzene rings is 2. The van der Waals surface area contributed by atoms with Crippen LogP contribution in [0.2, 0.25) is 0 Å². The number of amides is 2. The number of carbonyl (C=O) groups excluding carboxylic acids is 1. The highest BCUT2D eigenvalue weighted by atomic mass is 19.2. The van der Waals surface area contributed by atoms with Crippen LogP contribution in [0.4, 0.5) is 29.3 Å². The van der Waals surface area contributed by atoms with Crippen LogP contribution in [0.3, 0.4) is 0 Å². The fourth-order valence-electron chi connectivity index (χ4n) is 2.04. The maximum absolute atomic E-state index is 13.6. The van der Waals surface area contributed by atoms with Crippen LogP contribution in [0.15, 0.2) is 30.3 Å². The first kappa shape index (κ1) is 18.4. The zero-order valence-electron chi connectivity index (χ0n) is 13.7. The topological polar surface area (TPSA) is 59.6 Å². The molecule has 2 aromatic rings. The predicted octanol–water partition coefficient (Wildman–Crippen LogP) is 4.55. The molecule has 0 bridgehead atoms. The molecule has 0 aliphatic heterocycles. The second kappa shape index (κ2) is 8.27. The average molecular weight is 354 g/mol. The zero-order valence-corrected chi connectivity index (χ0v) is 13.7. The molecule has 2 rings (SSSR count).